The Balaban J connectivity index is 1.48. The maximum absolute atomic E-state index is 12.4. The summed E-state index contributed by atoms with van der Waals surface area (Å²) in [7, 11) is 0. The molecule has 0 saturated heterocycles. The van der Waals surface area contributed by atoms with Crippen LogP contribution in [0.3, 0.4) is 0 Å². The summed E-state index contributed by atoms with van der Waals surface area (Å²) in [4.78, 5) is 17.7. The summed E-state index contributed by atoms with van der Waals surface area (Å²) in [6, 6.07) is 13.1. The molecule has 0 unspecified atom stereocenters. The minimum absolute atomic E-state index is 0.242. The van der Waals surface area contributed by atoms with Crippen LogP contribution in [0.1, 0.15) is 16.1 Å². The van der Waals surface area contributed by atoms with Crippen molar-refractivity contribution in [2.75, 3.05) is 0 Å². The molecule has 0 radical (unpaired) electrons. The Morgan fingerprint density at radius 1 is 1.24 bits per heavy atom. The van der Waals surface area contributed by atoms with E-state index >= 15 is 0 Å². The molecule has 0 atom stereocenters. The van der Waals surface area contributed by atoms with Crippen LogP contribution in [0, 0.1) is 0 Å². The van der Waals surface area contributed by atoms with Crippen LogP contribution in [-0.4, -0.2) is 21.1 Å². The Bertz CT molecular complexity index is 974. The smallest absolute Gasteiger partial charge is 0.272 e. The quantitative estimate of drug-likeness (QED) is 0.574. The lowest BCUT2D eigenvalue weighted by atomic mass is 10.1. The lowest BCUT2D eigenvalue weighted by Gasteiger charge is -2.07. The van der Waals surface area contributed by atoms with Crippen molar-refractivity contribution in [1.29, 1.82) is 0 Å². The Morgan fingerprint density at radius 2 is 2.20 bits per heavy atom. The molecule has 25 heavy (non-hydrogen) atoms. The van der Waals surface area contributed by atoms with Gasteiger partial charge in [-0.1, -0.05) is 12.1 Å². The second-order valence-electron chi connectivity index (χ2n) is 5.32. The summed E-state index contributed by atoms with van der Waals surface area (Å²) in [5.41, 5.74) is 2.78. The van der Waals surface area contributed by atoms with Gasteiger partial charge in [-0.2, -0.15) is 5.10 Å². The summed E-state index contributed by atoms with van der Waals surface area (Å²) in [6.07, 6.45) is 3.30. The molecule has 4 aromatic heterocycles. The van der Waals surface area contributed by atoms with Crippen LogP contribution in [0.15, 0.2) is 64.7 Å². The van der Waals surface area contributed by atoms with E-state index in [0.717, 1.165) is 16.1 Å². The van der Waals surface area contributed by atoms with Gasteiger partial charge >= 0.3 is 0 Å². The fourth-order valence-electron chi connectivity index (χ4n) is 2.48. The van der Waals surface area contributed by atoms with Gasteiger partial charge in [0.25, 0.3) is 5.91 Å². The first-order valence-electron chi connectivity index (χ1n) is 7.66. The molecule has 0 saturated carbocycles. The van der Waals surface area contributed by atoms with Gasteiger partial charge in [-0.25, -0.2) is 0 Å². The van der Waals surface area contributed by atoms with E-state index in [1.807, 2.05) is 41.8 Å². The molecule has 6 nitrogen and oxygen atoms in total. The molecule has 1 amide bonds. The van der Waals surface area contributed by atoms with Gasteiger partial charge < -0.3 is 9.73 Å². The lowest BCUT2D eigenvalue weighted by Crippen LogP contribution is -2.23. The predicted molar refractivity (Wildman–Crippen MR) is 95.0 cm³/mol. The molecule has 0 aromatic carbocycles. The first-order chi connectivity index (χ1) is 12.3. The number of pyridine rings is 1. The van der Waals surface area contributed by atoms with Gasteiger partial charge in [0.05, 0.1) is 16.8 Å². The van der Waals surface area contributed by atoms with Crippen molar-refractivity contribution in [3.8, 4) is 22.0 Å². The summed E-state index contributed by atoms with van der Waals surface area (Å²) >= 11 is 1.59. The van der Waals surface area contributed by atoms with Crippen molar-refractivity contribution in [2.45, 2.75) is 6.54 Å². The zero-order valence-corrected chi connectivity index (χ0v) is 13.9. The van der Waals surface area contributed by atoms with Gasteiger partial charge in [0, 0.05) is 18.3 Å². The van der Waals surface area contributed by atoms with Crippen LogP contribution < -0.4 is 5.32 Å². The summed E-state index contributed by atoms with van der Waals surface area (Å²) in [6.45, 7) is 0.337. The summed E-state index contributed by atoms with van der Waals surface area (Å²) < 4.78 is 5.40. The molecule has 0 aliphatic carbocycles. The standard InChI is InChI=1S/C18H14N4O2S/c23-18(14-10-13(21-22-14)16-6-3-9-25-16)20-11-12-4-1-7-19-17(12)15-5-2-8-24-15/h1-10H,11H2,(H,20,23)(H,21,22). The SMILES string of the molecule is O=C(NCc1cccnc1-c1ccco1)c1cc(-c2cccs2)[nH]n1. The van der Waals surface area contributed by atoms with E-state index in [9.17, 15) is 4.79 Å². The summed E-state index contributed by atoms with van der Waals surface area (Å²) in [5, 5.41) is 11.8. The monoisotopic (exact) mass is 350 g/mol. The van der Waals surface area contributed by atoms with Crippen LogP contribution >= 0.6 is 11.3 Å². The highest BCUT2D eigenvalue weighted by molar-refractivity contribution is 7.13. The van der Waals surface area contributed by atoms with Crippen LogP contribution in [0.25, 0.3) is 22.0 Å². The zero-order chi connectivity index (χ0) is 17.1. The molecule has 7 heteroatoms. The van der Waals surface area contributed by atoms with Crippen LogP contribution in [0.2, 0.25) is 0 Å². The number of furan rings is 1. The van der Waals surface area contributed by atoms with Gasteiger partial charge in [-0.15, -0.1) is 11.3 Å². The van der Waals surface area contributed by atoms with E-state index < -0.39 is 0 Å². The number of rotatable bonds is 5. The van der Waals surface area contributed by atoms with Crippen LogP contribution in [0.5, 0.6) is 0 Å². The molecule has 0 bridgehead atoms. The van der Waals surface area contributed by atoms with Gasteiger partial charge in [-0.05, 0) is 35.7 Å². The first-order valence-corrected chi connectivity index (χ1v) is 8.54. The summed E-state index contributed by atoms with van der Waals surface area (Å²) in [5.74, 6) is 0.429. The third kappa shape index (κ3) is 3.22. The molecule has 4 heterocycles. The lowest BCUT2D eigenvalue weighted by molar-refractivity contribution is 0.0946. The number of hydrogen-bond acceptors (Lipinski definition) is 5. The van der Waals surface area contributed by atoms with Gasteiger partial charge in [0.2, 0.25) is 0 Å². The van der Waals surface area contributed by atoms with Crippen molar-refractivity contribution in [3.63, 3.8) is 0 Å². The molecule has 0 spiro atoms. The van der Waals surface area contributed by atoms with Crippen LogP contribution in [0.4, 0.5) is 0 Å². The van der Waals surface area contributed by atoms with E-state index in [1.165, 1.54) is 0 Å². The van der Waals surface area contributed by atoms with Crippen molar-refractivity contribution >= 4 is 17.2 Å². The zero-order valence-electron chi connectivity index (χ0n) is 13.1. The molecule has 0 aliphatic rings. The van der Waals surface area contributed by atoms with Crippen molar-refractivity contribution < 1.29 is 9.21 Å². The fourth-order valence-corrected chi connectivity index (χ4v) is 3.17. The Morgan fingerprint density at radius 3 is 3.00 bits per heavy atom. The average Bonchev–Trinajstić information content (AvgIpc) is 3.41. The highest BCUT2D eigenvalue weighted by atomic mass is 32.1. The molecular weight excluding hydrogens is 336 g/mol. The largest absolute Gasteiger partial charge is 0.463 e. The topological polar surface area (TPSA) is 83.8 Å². The average molecular weight is 350 g/mol. The van der Waals surface area contributed by atoms with E-state index in [4.69, 9.17) is 4.42 Å². The number of aromatic nitrogens is 3. The Hall–Kier alpha value is -3.19. The Kier molecular flexibility index (Phi) is 4.14. The molecule has 0 aliphatic heterocycles. The van der Waals surface area contributed by atoms with Crippen molar-refractivity contribution in [1.82, 2.24) is 20.5 Å². The molecule has 4 aromatic rings. The minimum Gasteiger partial charge on any atom is -0.463 e. The van der Waals surface area contributed by atoms with Crippen molar-refractivity contribution in [3.05, 3.63) is 71.6 Å². The molecule has 124 valence electrons. The minimum atomic E-state index is -0.242. The molecular formula is C18H14N4O2S. The second-order valence-corrected chi connectivity index (χ2v) is 6.26. The van der Waals surface area contributed by atoms with E-state index in [-0.39, 0.29) is 5.91 Å². The third-order valence-electron chi connectivity index (χ3n) is 3.68. The molecule has 2 N–H and O–H groups in total. The highest BCUT2D eigenvalue weighted by Crippen LogP contribution is 2.23. The maximum atomic E-state index is 12.4. The molecule has 4 rings (SSSR count). The number of H-pyrrole nitrogens is 1. The number of nitrogens with zero attached hydrogens (tertiary/aromatic N) is 2. The number of amides is 1. The van der Waals surface area contributed by atoms with Gasteiger partial charge in [-0.3, -0.25) is 14.9 Å². The van der Waals surface area contributed by atoms with Gasteiger partial charge in [0.15, 0.2) is 11.5 Å². The number of thiophene rings is 1. The number of nitrogens with one attached hydrogen (secondary N) is 2. The molecule has 0 fully saturated rings. The van der Waals surface area contributed by atoms with Crippen molar-refractivity contribution in [2.24, 2.45) is 0 Å². The number of carbonyl (C=O) groups excluding carboxylic acids is 1. The first kappa shape index (κ1) is 15.3. The van der Waals surface area contributed by atoms with Gasteiger partial charge in [0.1, 0.15) is 5.69 Å². The van der Waals surface area contributed by atoms with E-state index in [2.05, 4.69) is 20.5 Å². The second kappa shape index (κ2) is 6.74. The normalized spacial score (nSPS) is 10.7. The predicted octanol–water partition coefficient (Wildman–Crippen LogP) is 3.72. The highest BCUT2D eigenvalue weighted by Gasteiger charge is 2.14. The number of carbonyl (C=O) groups is 1. The van der Waals surface area contributed by atoms with Crippen LogP contribution in [-0.2, 0) is 6.54 Å². The fraction of sp³-hybridized carbons (Fsp3) is 0.0556. The Labute approximate surface area is 147 Å². The van der Waals surface area contributed by atoms with E-state index in [0.29, 0.717) is 23.7 Å². The maximum Gasteiger partial charge on any atom is 0.272 e. The van der Waals surface area contributed by atoms with E-state index in [1.54, 1.807) is 29.9 Å². The number of hydrogen-bond donors (Lipinski definition) is 2. The third-order valence-corrected chi connectivity index (χ3v) is 4.59. The number of aromatic amines is 1.